The lowest BCUT2D eigenvalue weighted by molar-refractivity contribution is 0.401. The first-order valence-corrected chi connectivity index (χ1v) is 5.27. The number of halogens is 1. The first kappa shape index (κ1) is 9.75. The molecule has 0 aliphatic heterocycles. The fraction of sp³-hybridized carbons (Fsp3) is 0.333. The van der Waals surface area contributed by atoms with E-state index >= 15 is 0 Å². The van der Waals surface area contributed by atoms with Crippen LogP contribution in [-0.4, -0.2) is 7.11 Å². The predicted octanol–water partition coefficient (Wildman–Crippen LogP) is 3.56. The van der Waals surface area contributed by atoms with Gasteiger partial charge in [0.15, 0.2) is 0 Å². The third-order valence-electron chi connectivity index (χ3n) is 1.67. The molecule has 3 heteroatoms. The second kappa shape index (κ2) is 4.06. The molecular weight excluding hydrogens is 192 g/mol. The van der Waals surface area contributed by atoms with E-state index in [1.165, 1.54) is 16.5 Å². The zero-order valence-electron chi connectivity index (χ0n) is 7.35. The minimum absolute atomic E-state index is 0.876. The van der Waals surface area contributed by atoms with Crippen LogP contribution in [0.2, 0.25) is 0 Å². The minimum Gasteiger partial charge on any atom is -0.495 e. The lowest BCUT2D eigenvalue weighted by Gasteiger charge is -2.09. The summed E-state index contributed by atoms with van der Waals surface area (Å²) in [5.41, 5.74) is 2.33. The maximum Gasteiger partial charge on any atom is 0.136 e. The van der Waals surface area contributed by atoms with Crippen LogP contribution in [0.4, 0.5) is 0 Å². The number of ether oxygens (including phenoxy) is 1. The Morgan fingerprint density at radius 2 is 2.00 bits per heavy atom. The Bertz CT molecular complexity index is 286. The number of benzene rings is 1. The van der Waals surface area contributed by atoms with Crippen molar-refractivity contribution in [3.05, 3.63) is 23.3 Å². The largest absolute Gasteiger partial charge is 0.495 e. The van der Waals surface area contributed by atoms with E-state index in [-0.39, 0.29) is 0 Å². The Kier molecular flexibility index (Phi) is 3.29. The normalized spacial score (nSPS) is 10.0. The summed E-state index contributed by atoms with van der Waals surface area (Å²) in [7, 11) is 8.55. The zero-order valence-corrected chi connectivity index (χ0v) is 8.92. The molecule has 1 nitrogen and oxygen atoms in total. The molecule has 0 saturated heterocycles. The number of methoxy groups -OCH3 is 1. The van der Waals surface area contributed by atoms with E-state index in [1.54, 1.807) is 7.11 Å². The molecule has 1 aromatic carbocycles. The van der Waals surface area contributed by atoms with Crippen molar-refractivity contribution < 1.29 is 4.74 Å². The average Bonchev–Trinajstić information content (AvgIpc) is 2.03. The van der Waals surface area contributed by atoms with Crippen molar-refractivity contribution in [1.82, 2.24) is 0 Å². The van der Waals surface area contributed by atoms with Crippen molar-refractivity contribution >= 4 is 21.7 Å². The van der Waals surface area contributed by atoms with Gasteiger partial charge in [-0.05, 0) is 52.7 Å². The van der Waals surface area contributed by atoms with Gasteiger partial charge in [0.25, 0.3) is 0 Å². The third-order valence-corrected chi connectivity index (χ3v) is 2.64. The second-order valence-electron chi connectivity index (χ2n) is 2.69. The summed E-state index contributed by atoms with van der Waals surface area (Å²) >= 11 is 0. The van der Waals surface area contributed by atoms with Crippen LogP contribution in [0, 0.1) is 13.8 Å². The van der Waals surface area contributed by atoms with Gasteiger partial charge < -0.3 is 4.74 Å². The Balaban J connectivity index is 3.24. The zero-order chi connectivity index (χ0) is 9.14. The number of aryl methyl sites for hydroxylation is 2. The van der Waals surface area contributed by atoms with Gasteiger partial charge >= 0.3 is 0 Å². The van der Waals surface area contributed by atoms with Gasteiger partial charge in [-0.2, -0.15) is 0 Å². The van der Waals surface area contributed by atoms with E-state index in [0.29, 0.717) is 0 Å². The van der Waals surface area contributed by atoms with Crippen LogP contribution >= 0.6 is 21.7 Å². The van der Waals surface area contributed by atoms with E-state index < -0.39 is 0 Å². The molecule has 0 atom stereocenters. The SMILES string of the molecule is COc1c(C)cc(C)cc1SCl. The Morgan fingerprint density at radius 1 is 1.33 bits per heavy atom. The van der Waals surface area contributed by atoms with Crippen LogP contribution in [0.3, 0.4) is 0 Å². The van der Waals surface area contributed by atoms with Crippen LogP contribution in [0.1, 0.15) is 11.1 Å². The maximum atomic E-state index is 5.69. The van der Waals surface area contributed by atoms with Gasteiger partial charge in [-0.25, -0.2) is 0 Å². The number of hydrogen-bond donors (Lipinski definition) is 0. The van der Waals surface area contributed by atoms with Gasteiger partial charge in [0.2, 0.25) is 0 Å². The topological polar surface area (TPSA) is 9.23 Å². The van der Waals surface area contributed by atoms with Gasteiger partial charge in [-0.1, -0.05) is 6.07 Å². The third kappa shape index (κ3) is 1.87. The summed E-state index contributed by atoms with van der Waals surface area (Å²) in [5, 5.41) is 0. The molecule has 0 fully saturated rings. The lowest BCUT2D eigenvalue weighted by atomic mass is 10.1. The van der Waals surface area contributed by atoms with Crippen molar-refractivity contribution in [2.24, 2.45) is 0 Å². The molecule has 0 unspecified atom stereocenters. The Labute approximate surface area is 81.6 Å². The fourth-order valence-electron chi connectivity index (χ4n) is 1.23. The molecule has 0 aliphatic rings. The van der Waals surface area contributed by atoms with Gasteiger partial charge in [0, 0.05) is 0 Å². The van der Waals surface area contributed by atoms with Crippen LogP contribution in [0.15, 0.2) is 17.0 Å². The summed E-state index contributed by atoms with van der Waals surface area (Å²) in [5.74, 6) is 0.876. The van der Waals surface area contributed by atoms with Crippen molar-refractivity contribution in [2.45, 2.75) is 18.7 Å². The maximum absolute atomic E-state index is 5.69. The van der Waals surface area contributed by atoms with Gasteiger partial charge in [0.05, 0.1) is 12.0 Å². The molecule has 0 aromatic heterocycles. The molecule has 0 radical (unpaired) electrons. The Morgan fingerprint density at radius 3 is 2.50 bits per heavy atom. The highest BCUT2D eigenvalue weighted by atomic mass is 35.7. The van der Waals surface area contributed by atoms with Gasteiger partial charge in [-0.3, -0.25) is 0 Å². The number of rotatable bonds is 2. The highest BCUT2D eigenvalue weighted by Crippen LogP contribution is 2.35. The molecule has 0 spiro atoms. The molecule has 0 aliphatic carbocycles. The molecule has 0 saturated carbocycles. The Hall–Kier alpha value is -0.340. The molecule has 1 aromatic rings. The van der Waals surface area contributed by atoms with Crippen LogP contribution in [0.5, 0.6) is 5.75 Å². The van der Waals surface area contributed by atoms with E-state index in [0.717, 1.165) is 16.2 Å². The standard InChI is InChI=1S/C9H11ClOS/c1-6-4-7(2)9(11-3)8(5-6)12-10/h4-5H,1-3H3. The highest BCUT2D eigenvalue weighted by molar-refractivity contribution is 8.21. The summed E-state index contributed by atoms with van der Waals surface area (Å²) < 4.78 is 5.22. The average molecular weight is 203 g/mol. The van der Waals surface area contributed by atoms with Crippen LogP contribution < -0.4 is 4.74 Å². The molecule has 66 valence electrons. The highest BCUT2D eigenvalue weighted by Gasteiger charge is 2.06. The molecule has 0 N–H and O–H groups in total. The van der Waals surface area contributed by atoms with E-state index in [2.05, 4.69) is 6.07 Å². The quantitative estimate of drug-likeness (QED) is 0.726. The lowest BCUT2D eigenvalue weighted by Crippen LogP contribution is -1.90. The summed E-state index contributed by atoms with van der Waals surface area (Å²) in [6.45, 7) is 4.06. The summed E-state index contributed by atoms with van der Waals surface area (Å²) in [6, 6.07) is 4.10. The molecule has 1 rings (SSSR count). The number of hydrogen-bond acceptors (Lipinski definition) is 2. The fourth-order valence-corrected chi connectivity index (χ4v) is 2.12. The van der Waals surface area contributed by atoms with Crippen molar-refractivity contribution in [3.8, 4) is 5.75 Å². The van der Waals surface area contributed by atoms with Crippen molar-refractivity contribution in [3.63, 3.8) is 0 Å². The minimum atomic E-state index is 0.876. The van der Waals surface area contributed by atoms with Gasteiger partial charge in [-0.15, -0.1) is 0 Å². The predicted molar refractivity (Wildman–Crippen MR) is 54.2 cm³/mol. The van der Waals surface area contributed by atoms with E-state index in [1.807, 2.05) is 19.9 Å². The van der Waals surface area contributed by atoms with Crippen molar-refractivity contribution in [1.29, 1.82) is 0 Å². The van der Waals surface area contributed by atoms with Crippen LogP contribution in [-0.2, 0) is 0 Å². The molecule has 0 amide bonds. The van der Waals surface area contributed by atoms with E-state index in [4.69, 9.17) is 15.4 Å². The van der Waals surface area contributed by atoms with Gasteiger partial charge in [0.1, 0.15) is 5.75 Å². The van der Waals surface area contributed by atoms with Crippen LogP contribution in [0.25, 0.3) is 0 Å². The van der Waals surface area contributed by atoms with Crippen molar-refractivity contribution in [2.75, 3.05) is 7.11 Å². The first-order valence-electron chi connectivity index (χ1n) is 3.63. The molecular formula is C9H11ClOS. The smallest absolute Gasteiger partial charge is 0.136 e. The molecule has 12 heavy (non-hydrogen) atoms. The summed E-state index contributed by atoms with van der Waals surface area (Å²) in [6.07, 6.45) is 0. The second-order valence-corrected chi connectivity index (χ2v) is 3.75. The van der Waals surface area contributed by atoms with E-state index in [9.17, 15) is 0 Å². The molecule has 0 bridgehead atoms. The monoisotopic (exact) mass is 202 g/mol. The summed E-state index contributed by atoms with van der Waals surface area (Å²) in [4.78, 5) is 0.983. The molecule has 0 heterocycles. The first-order chi connectivity index (χ1) is 5.69.